The lowest BCUT2D eigenvalue weighted by Crippen LogP contribution is -2.55. The van der Waals surface area contributed by atoms with Crippen molar-refractivity contribution in [2.45, 2.75) is 62.4 Å². The quantitative estimate of drug-likeness (QED) is 0.495. The van der Waals surface area contributed by atoms with Crippen LogP contribution in [0.25, 0.3) is 0 Å². The van der Waals surface area contributed by atoms with Gasteiger partial charge in [0.1, 0.15) is 12.1 Å². The molecule has 1 aromatic carbocycles. The van der Waals surface area contributed by atoms with E-state index in [0.717, 1.165) is 32.1 Å². The lowest BCUT2D eigenvalue weighted by atomic mass is 9.78. The molecule has 2 saturated carbocycles. The number of nitrogens with zero attached hydrogens (tertiary/aromatic N) is 1. The molecular formula is C30H36N4O4. The number of primary amides is 1. The molecule has 0 radical (unpaired) electrons. The van der Waals surface area contributed by atoms with Gasteiger partial charge >= 0.3 is 0 Å². The Morgan fingerprint density at radius 2 is 2.00 bits per heavy atom. The van der Waals surface area contributed by atoms with Crippen molar-refractivity contribution < 1.29 is 19.2 Å². The maximum atomic E-state index is 14.2. The molecule has 4 aliphatic carbocycles. The smallest absolute Gasteiger partial charge is 0.243 e. The van der Waals surface area contributed by atoms with Crippen molar-refractivity contribution in [2.24, 2.45) is 41.2 Å². The van der Waals surface area contributed by atoms with Gasteiger partial charge in [-0.2, -0.15) is 0 Å². The van der Waals surface area contributed by atoms with Gasteiger partial charge in [0.15, 0.2) is 0 Å². The lowest BCUT2D eigenvalue weighted by Gasteiger charge is -2.32. The van der Waals surface area contributed by atoms with Gasteiger partial charge in [-0.3, -0.25) is 19.2 Å². The van der Waals surface area contributed by atoms with E-state index in [9.17, 15) is 19.2 Å². The standard InChI is InChI=1S/C30H36N4O4/c31-26(35)23(13-19-9-11-32-27(19)36)33-28(37)25-24-18-8-7-17(12-18)20(24)15-34(25)29(38)22-14-30(22)10-3-5-16-4-1-2-6-21(16)30/h1-2,4,6-8,17-20,22-25H,3,5,9-15H2,(H2,31,35)(H,32,36)(H,33,37)/t17-,18+,19+,20-,22-,23+,24+,25+,30-/m1/s1. The molecule has 7 rings (SSSR count). The van der Waals surface area contributed by atoms with E-state index >= 15 is 0 Å². The van der Waals surface area contributed by atoms with E-state index in [-0.39, 0.29) is 59.1 Å². The lowest BCUT2D eigenvalue weighted by molar-refractivity contribution is -0.142. The summed E-state index contributed by atoms with van der Waals surface area (Å²) in [7, 11) is 0. The second-order valence-electron chi connectivity index (χ2n) is 12.5. The molecule has 2 heterocycles. The van der Waals surface area contributed by atoms with Crippen molar-refractivity contribution in [3.8, 4) is 0 Å². The van der Waals surface area contributed by atoms with Gasteiger partial charge in [0, 0.05) is 30.3 Å². The molecule has 0 unspecified atom stereocenters. The van der Waals surface area contributed by atoms with E-state index < -0.39 is 18.0 Å². The number of carbonyl (C=O) groups is 4. The van der Waals surface area contributed by atoms with Gasteiger partial charge in [-0.25, -0.2) is 0 Å². The number of rotatable bonds is 6. The third-order valence-electron chi connectivity index (χ3n) is 10.7. The fraction of sp³-hybridized carbons (Fsp3) is 0.600. The minimum Gasteiger partial charge on any atom is -0.368 e. The Morgan fingerprint density at radius 3 is 2.79 bits per heavy atom. The van der Waals surface area contributed by atoms with E-state index in [0.29, 0.717) is 25.4 Å². The number of hydrogen-bond acceptors (Lipinski definition) is 4. The van der Waals surface area contributed by atoms with Gasteiger partial charge < -0.3 is 21.3 Å². The summed E-state index contributed by atoms with van der Waals surface area (Å²) in [5.74, 6) is -0.398. The van der Waals surface area contributed by atoms with Gasteiger partial charge in [0.2, 0.25) is 23.6 Å². The highest BCUT2D eigenvalue weighted by Gasteiger charge is 2.65. The maximum Gasteiger partial charge on any atom is 0.243 e. The summed E-state index contributed by atoms with van der Waals surface area (Å²) < 4.78 is 0. The maximum absolute atomic E-state index is 14.2. The molecule has 2 saturated heterocycles. The Kier molecular flexibility index (Phi) is 5.46. The van der Waals surface area contributed by atoms with Crippen LogP contribution >= 0.6 is 0 Å². The summed E-state index contributed by atoms with van der Waals surface area (Å²) in [5.41, 5.74) is 8.25. The molecule has 1 aromatic rings. The average molecular weight is 517 g/mol. The van der Waals surface area contributed by atoms with Crippen LogP contribution in [0.1, 0.15) is 49.7 Å². The number of benzene rings is 1. The second kappa shape index (κ2) is 8.68. The minimum absolute atomic E-state index is 0.0607. The van der Waals surface area contributed by atoms with Crippen LogP contribution < -0.4 is 16.4 Å². The summed E-state index contributed by atoms with van der Waals surface area (Å²) in [6.45, 7) is 1.16. The molecule has 9 atom stereocenters. The van der Waals surface area contributed by atoms with Gasteiger partial charge in [-0.1, -0.05) is 36.4 Å². The topological polar surface area (TPSA) is 122 Å². The van der Waals surface area contributed by atoms with Crippen molar-refractivity contribution in [1.82, 2.24) is 15.5 Å². The predicted octanol–water partition coefficient (Wildman–Crippen LogP) is 1.43. The van der Waals surface area contributed by atoms with Crippen molar-refractivity contribution >= 4 is 23.6 Å². The first-order valence-electron chi connectivity index (χ1n) is 14.3. The summed E-state index contributed by atoms with van der Waals surface area (Å²) in [4.78, 5) is 54.4. The number of nitrogens with two attached hydrogens (primary N) is 1. The zero-order valence-electron chi connectivity index (χ0n) is 21.6. The number of aryl methyl sites for hydroxylation is 1. The van der Waals surface area contributed by atoms with Crippen LogP contribution in [-0.2, 0) is 31.0 Å². The normalized spacial score (nSPS) is 38.6. The van der Waals surface area contributed by atoms with E-state index in [2.05, 4.69) is 47.1 Å². The Labute approximate surface area is 222 Å². The first-order valence-corrected chi connectivity index (χ1v) is 14.3. The predicted molar refractivity (Wildman–Crippen MR) is 139 cm³/mol. The molecule has 6 aliphatic rings. The van der Waals surface area contributed by atoms with Crippen LogP contribution in [0.2, 0.25) is 0 Å². The van der Waals surface area contributed by atoms with E-state index in [1.807, 2.05) is 4.90 Å². The number of carbonyl (C=O) groups excluding carboxylic acids is 4. The van der Waals surface area contributed by atoms with Crippen molar-refractivity contribution in [3.63, 3.8) is 0 Å². The molecule has 1 spiro atoms. The van der Waals surface area contributed by atoms with Crippen LogP contribution in [0, 0.1) is 35.5 Å². The fourth-order valence-electron chi connectivity index (χ4n) is 8.79. The summed E-state index contributed by atoms with van der Waals surface area (Å²) >= 11 is 0. The van der Waals surface area contributed by atoms with Crippen molar-refractivity contribution in [2.75, 3.05) is 13.1 Å². The zero-order chi connectivity index (χ0) is 26.2. The van der Waals surface area contributed by atoms with Gasteiger partial charge in [-0.05, 0) is 79.7 Å². The molecule has 8 heteroatoms. The first kappa shape index (κ1) is 23.9. The molecule has 200 valence electrons. The molecule has 4 fully saturated rings. The number of nitrogens with one attached hydrogen (secondary N) is 2. The highest BCUT2D eigenvalue weighted by molar-refractivity contribution is 5.94. The number of allylic oxidation sites excluding steroid dienone is 2. The number of likely N-dealkylation sites (tertiary alicyclic amines) is 1. The van der Waals surface area contributed by atoms with E-state index in [4.69, 9.17) is 5.73 Å². The van der Waals surface area contributed by atoms with Crippen molar-refractivity contribution in [3.05, 3.63) is 47.5 Å². The molecule has 4 amide bonds. The van der Waals surface area contributed by atoms with Crippen LogP contribution in [0.5, 0.6) is 0 Å². The molecular weight excluding hydrogens is 480 g/mol. The van der Waals surface area contributed by atoms with Crippen LogP contribution in [-0.4, -0.2) is 53.7 Å². The Hall–Kier alpha value is -3.16. The van der Waals surface area contributed by atoms with Crippen LogP contribution in [0.4, 0.5) is 0 Å². The second-order valence-corrected chi connectivity index (χ2v) is 12.5. The highest BCUT2D eigenvalue weighted by atomic mass is 16.2. The van der Waals surface area contributed by atoms with Gasteiger partial charge in [-0.15, -0.1) is 0 Å². The average Bonchev–Trinajstić information content (AvgIpc) is 3.37. The third-order valence-corrected chi connectivity index (χ3v) is 10.7. The fourth-order valence-corrected chi connectivity index (χ4v) is 8.79. The van der Waals surface area contributed by atoms with Crippen molar-refractivity contribution in [1.29, 1.82) is 0 Å². The van der Waals surface area contributed by atoms with Crippen LogP contribution in [0.15, 0.2) is 36.4 Å². The first-order chi connectivity index (χ1) is 18.4. The van der Waals surface area contributed by atoms with Crippen LogP contribution in [0.3, 0.4) is 0 Å². The third kappa shape index (κ3) is 3.55. The molecule has 38 heavy (non-hydrogen) atoms. The number of hydrogen-bond donors (Lipinski definition) is 3. The molecule has 2 aliphatic heterocycles. The van der Waals surface area contributed by atoms with Gasteiger partial charge in [0.05, 0.1) is 0 Å². The SMILES string of the molecule is NC(=O)[C@H](C[C@@H]1CCNC1=O)NC(=O)[C@@H]1[C@@H]2[C@H](CN1C(=O)[C@H]1C[C@@]13CCCc1ccccc13)[C@@H]1C=C[C@H]2C1. The highest BCUT2D eigenvalue weighted by Crippen LogP contribution is 2.62. The Bertz CT molecular complexity index is 1240. The Morgan fingerprint density at radius 1 is 1.18 bits per heavy atom. The van der Waals surface area contributed by atoms with Gasteiger partial charge in [0.25, 0.3) is 0 Å². The number of amides is 4. The summed E-state index contributed by atoms with van der Waals surface area (Å²) in [5, 5.41) is 5.68. The summed E-state index contributed by atoms with van der Waals surface area (Å²) in [6, 6.07) is 6.98. The minimum atomic E-state index is -0.932. The largest absolute Gasteiger partial charge is 0.368 e. The number of fused-ring (bicyclic) bond motifs is 7. The Balaban J connectivity index is 1.14. The molecule has 8 nitrogen and oxygen atoms in total. The van der Waals surface area contributed by atoms with E-state index in [1.54, 1.807) is 0 Å². The molecule has 4 N–H and O–H groups in total. The zero-order valence-corrected chi connectivity index (χ0v) is 21.6. The monoisotopic (exact) mass is 516 g/mol. The molecule has 0 aromatic heterocycles. The summed E-state index contributed by atoms with van der Waals surface area (Å²) in [6.07, 6.45) is 10.3. The van der Waals surface area contributed by atoms with E-state index in [1.165, 1.54) is 11.1 Å². The molecule has 2 bridgehead atoms.